The molecule has 0 saturated carbocycles. The average Bonchev–Trinajstić information content (AvgIpc) is 3.06. The fourth-order valence-electron chi connectivity index (χ4n) is 3.16. The first-order valence-electron chi connectivity index (χ1n) is 7.96. The van der Waals surface area contributed by atoms with E-state index in [2.05, 4.69) is 10.6 Å². The maximum atomic E-state index is 12.7. The Morgan fingerprint density at radius 3 is 2.52 bits per heavy atom. The van der Waals surface area contributed by atoms with Crippen molar-refractivity contribution in [3.8, 4) is 0 Å². The lowest BCUT2D eigenvalue weighted by Gasteiger charge is -2.22. The van der Waals surface area contributed by atoms with E-state index in [1.807, 2.05) is 61.5 Å². The van der Waals surface area contributed by atoms with Crippen molar-refractivity contribution in [2.45, 2.75) is 18.9 Å². The summed E-state index contributed by atoms with van der Waals surface area (Å²) in [6, 6.07) is 17.8. The summed E-state index contributed by atoms with van der Waals surface area (Å²) in [5.74, 6) is 0.240. The van der Waals surface area contributed by atoms with Crippen molar-refractivity contribution in [2.24, 2.45) is 5.92 Å². The molecule has 1 aliphatic heterocycles. The zero-order valence-corrected chi connectivity index (χ0v) is 13.9. The molecule has 3 nitrogen and oxygen atoms in total. The Morgan fingerprint density at radius 2 is 1.83 bits per heavy atom. The molecule has 0 bridgehead atoms. The van der Waals surface area contributed by atoms with Crippen LogP contribution in [0.3, 0.4) is 0 Å². The summed E-state index contributed by atoms with van der Waals surface area (Å²) in [7, 11) is 0. The molecule has 1 amide bonds. The van der Waals surface area contributed by atoms with E-state index in [0.717, 1.165) is 22.7 Å². The van der Waals surface area contributed by atoms with Crippen molar-refractivity contribution in [2.75, 3.05) is 13.1 Å². The quantitative estimate of drug-likeness (QED) is 0.901. The Hall–Kier alpha value is -1.84. The first-order valence-corrected chi connectivity index (χ1v) is 8.34. The largest absolute Gasteiger partial charge is 0.349 e. The Labute approximate surface area is 142 Å². The molecule has 0 radical (unpaired) electrons. The minimum Gasteiger partial charge on any atom is -0.349 e. The van der Waals surface area contributed by atoms with Crippen LogP contribution >= 0.6 is 11.6 Å². The van der Waals surface area contributed by atoms with E-state index in [4.69, 9.17) is 11.6 Å². The Balaban J connectivity index is 1.69. The highest BCUT2D eigenvalue weighted by atomic mass is 35.5. The van der Waals surface area contributed by atoms with Gasteiger partial charge in [-0.05, 0) is 30.2 Å². The minimum absolute atomic E-state index is 0.00941. The van der Waals surface area contributed by atoms with Crippen LogP contribution in [0.5, 0.6) is 0 Å². The van der Waals surface area contributed by atoms with E-state index in [9.17, 15) is 4.79 Å². The van der Waals surface area contributed by atoms with Crippen molar-refractivity contribution in [3.63, 3.8) is 0 Å². The van der Waals surface area contributed by atoms with E-state index in [0.29, 0.717) is 6.54 Å². The number of benzene rings is 2. The summed E-state index contributed by atoms with van der Waals surface area (Å²) >= 11 is 5.96. The highest BCUT2D eigenvalue weighted by molar-refractivity contribution is 6.30. The fraction of sp³-hybridized carbons (Fsp3) is 0.316. The summed E-state index contributed by atoms with van der Waals surface area (Å²) in [4.78, 5) is 12.7. The molecule has 1 aliphatic rings. The van der Waals surface area contributed by atoms with Crippen molar-refractivity contribution < 1.29 is 4.79 Å². The van der Waals surface area contributed by atoms with Crippen LogP contribution in [0.2, 0.25) is 5.02 Å². The highest BCUT2D eigenvalue weighted by Gasteiger charge is 2.34. The second-order valence-corrected chi connectivity index (χ2v) is 6.50. The zero-order chi connectivity index (χ0) is 16.2. The maximum Gasteiger partial charge on any atom is 0.225 e. The molecule has 2 N–H and O–H groups in total. The van der Waals surface area contributed by atoms with Crippen LogP contribution in [0.25, 0.3) is 0 Å². The second-order valence-electron chi connectivity index (χ2n) is 6.06. The van der Waals surface area contributed by atoms with Gasteiger partial charge in [-0.2, -0.15) is 0 Å². The van der Waals surface area contributed by atoms with Gasteiger partial charge in [0, 0.05) is 24.0 Å². The van der Waals surface area contributed by atoms with Gasteiger partial charge in [0.1, 0.15) is 0 Å². The van der Waals surface area contributed by atoms with Crippen LogP contribution in [0.15, 0.2) is 54.6 Å². The molecule has 0 aromatic heterocycles. The molecule has 1 heterocycles. The SMILES string of the molecule is CC(NC(=O)C1CNCC1c1ccc(Cl)cc1)c1ccccc1. The van der Waals surface area contributed by atoms with Gasteiger partial charge >= 0.3 is 0 Å². The fourth-order valence-corrected chi connectivity index (χ4v) is 3.29. The van der Waals surface area contributed by atoms with Crippen molar-refractivity contribution in [1.29, 1.82) is 0 Å². The predicted octanol–water partition coefficient (Wildman–Crippen LogP) is 3.52. The van der Waals surface area contributed by atoms with Gasteiger partial charge in [-0.15, -0.1) is 0 Å². The number of amides is 1. The molecule has 4 heteroatoms. The van der Waals surface area contributed by atoms with E-state index in [1.165, 1.54) is 0 Å². The third kappa shape index (κ3) is 3.74. The van der Waals surface area contributed by atoms with Gasteiger partial charge in [-0.1, -0.05) is 54.1 Å². The Kier molecular flexibility index (Phi) is 4.99. The lowest BCUT2D eigenvalue weighted by atomic mass is 9.88. The number of nitrogens with one attached hydrogen (secondary N) is 2. The van der Waals surface area contributed by atoms with Crippen LogP contribution in [0.1, 0.15) is 30.0 Å². The van der Waals surface area contributed by atoms with E-state index in [-0.39, 0.29) is 23.8 Å². The van der Waals surface area contributed by atoms with Gasteiger partial charge in [-0.3, -0.25) is 4.79 Å². The molecule has 1 saturated heterocycles. The summed E-state index contributed by atoms with van der Waals surface area (Å²) in [5, 5.41) is 7.20. The number of hydrogen-bond acceptors (Lipinski definition) is 2. The Morgan fingerprint density at radius 1 is 1.13 bits per heavy atom. The molecule has 0 spiro atoms. The van der Waals surface area contributed by atoms with Crippen molar-refractivity contribution >= 4 is 17.5 Å². The van der Waals surface area contributed by atoms with E-state index in [1.54, 1.807) is 0 Å². The standard InChI is InChI=1S/C19H21ClN2O/c1-13(14-5-3-2-4-6-14)22-19(23)18-12-21-11-17(18)15-7-9-16(20)10-8-15/h2-10,13,17-18,21H,11-12H2,1H3,(H,22,23). The van der Waals surface area contributed by atoms with Gasteiger partial charge in [0.05, 0.1) is 12.0 Å². The smallest absolute Gasteiger partial charge is 0.225 e. The molecule has 2 aromatic rings. The third-order valence-corrected chi connectivity index (χ3v) is 4.76. The molecule has 0 aliphatic carbocycles. The number of hydrogen-bond donors (Lipinski definition) is 2. The van der Waals surface area contributed by atoms with Crippen LogP contribution in [-0.2, 0) is 4.79 Å². The highest BCUT2D eigenvalue weighted by Crippen LogP contribution is 2.29. The first-order chi connectivity index (χ1) is 11.1. The molecule has 3 rings (SSSR count). The number of halogens is 1. The zero-order valence-electron chi connectivity index (χ0n) is 13.1. The first kappa shape index (κ1) is 16.0. The molecule has 23 heavy (non-hydrogen) atoms. The predicted molar refractivity (Wildman–Crippen MR) is 93.6 cm³/mol. The number of carbonyl (C=O) groups is 1. The molecule has 3 unspecified atom stereocenters. The third-order valence-electron chi connectivity index (χ3n) is 4.51. The number of rotatable bonds is 4. The van der Waals surface area contributed by atoms with Gasteiger partial charge < -0.3 is 10.6 Å². The summed E-state index contributed by atoms with van der Waals surface area (Å²) < 4.78 is 0. The van der Waals surface area contributed by atoms with Crippen molar-refractivity contribution in [1.82, 2.24) is 10.6 Å². The maximum absolute atomic E-state index is 12.7. The molecule has 1 fully saturated rings. The summed E-state index contributed by atoms with van der Waals surface area (Å²) in [6.07, 6.45) is 0. The monoisotopic (exact) mass is 328 g/mol. The topological polar surface area (TPSA) is 41.1 Å². The van der Waals surface area contributed by atoms with Gasteiger partial charge in [0.25, 0.3) is 0 Å². The minimum atomic E-state index is -0.0534. The average molecular weight is 329 g/mol. The second kappa shape index (κ2) is 7.16. The molecule has 120 valence electrons. The Bertz CT molecular complexity index is 657. The molecule has 2 aromatic carbocycles. The van der Waals surface area contributed by atoms with Gasteiger partial charge in [-0.25, -0.2) is 0 Å². The van der Waals surface area contributed by atoms with Crippen LogP contribution < -0.4 is 10.6 Å². The molecule has 3 atom stereocenters. The lowest BCUT2D eigenvalue weighted by Crippen LogP contribution is -2.36. The summed E-state index contributed by atoms with van der Waals surface area (Å²) in [6.45, 7) is 3.55. The van der Waals surface area contributed by atoms with Crippen LogP contribution in [0.4, 0.5) is 0 Å². The van der Waals surface area contributed by atoms with Crippen LogP contribution in [-0.4, -0.2) is 19.0 Å². The van der Waals surface area contributed by atoms with Gasteiger partial charge in [0.2, 0.25) is 5.91 Å². The van der Waals surface area contributed by atoms with Crippen molar-refractivity contribution in [3.05, 3.63) is 70.7 Å². The lowest BCUT2D eigenvalue weighted by molar-refractivity contribution is -0.125. The van der Waals surface area contributed by atoms with E-state index >= 15 is 0 Å². The number of carbonyl (C=O) groups excluding carboxylic acids is 1. The molecular weight excluding hydrogens is 308 g/mol. The normalized spacial score (nSPS) is 21.8. The van der Waals surface area contributed by atoms with Crippen LogP contribution in [0, 0.1) is 5.92 Å². The molecular formula is C19H21ClN2O. The van der Waals surface area contributed by atoms with Gasteiger partial charge in [0.15, 0.2) is 0 Å². The summed E-state index contributed by atoms with van der Waals surface area (Å²) in [5.41, 5.74) is 2.28. The van der Waals surface area contributed by atoms with E-state index < -0.39 is 0 Å².